The molecule has 152 valence electrons. The molecule has 0 aliphatic carbocycles. The van der Waals surface area contributed by atoms with Crippen LogP contribution in [-0.2, 0) is 0 Å². The highest BCUT2D eigenvalue weighted by Gasteiger charge is 2.36. The van der Waals surface area contributed by atoms with E-state index in [1.165, 1.54) is 0 Å². The van der Waals surface area contributed by atoms with Crippen molar-refractivity contribution in [3.63, 3.8) is 0 Å². The second kappa shape index (κ2) is 7.17. The summed E-state index contributed by atoms with van der Waals surface area (Å²) in [5.74, 6) is 2.07. The monoisotopic (exact) mass is 393 g/mol. The van der Waals surface area contributed by atoms with Gasteiger partial charge in [-0.1, -0.05) is 6.92 Å². The van der Waals surface area contributed by atoms with Crippen LogP contribution in [0.25, 0.3) is 16.7 Å². The van der Waals surface area contributed by atoms with Crippen LogP contribution in [-0.4, -0.2) is 74.6 Å². The molecule has 8 heteroatoms. The molecule has 0 spiro atoms. The van der Waals surface area contributed by atoms with Gasteiger partial charge in [-0.3, -0.25) is 4.40 Å². The SMILES string of the molecule is C/N=C\[C@H]1CCN(C(=O)N2CC[C@@H](C)[C@@H](c3ncc4cnc5[nH]ccc5n34)C2)C1. The van der Waals surface area contributed by atoms with E-state index in [0.29, 0.717) is 18.4 Å². The van der Waals surface area contributed by atoms with Gasteiger partial charge in [-0.15, -0.1) is 0 Å². The average Bonchev–Trinajstić information content (AvgIpc) is 3.46. The number of fused-ring (bicyclic) bond motifs is 3. The molecular formula is C21H27N7O. The molecule has 3 atom stereocenters. The number of H-pyrrole nitrogens is 1. The van der Waals surface area contributed by atoms with E-state index in [9.17, 15) is 4.79 Å². The van der Waals surface area contributed by atoms with E-state index in [1.54, 1.807) is 7.05 Å². The van der Waals surface area contributed by atoms with Crippen molar-refractivity contribution in [2.75, 3.05) is 33.2 Å². The minimum atomic E-state index is 0.156. The Morgan fingerprint density at radius 3 is 2.86 bits per heavy atom. The summed E-state index contributed by atoms with van der Waals surface area (Å²) in [6.45, 7) is 5.37. The lowest BCUT2D eigenvalue weighted by Gasteiger charge is -2.38. The summed E-state index contributed by atoms with van der Waals surface area (Å²) in [6.07, 6.45) is 9.61. The summed E-state index contributed by atoms with van der Waals surface area (Å²) < 4.78 is 2.19. The van der Waals surface area contributed by atoms with Crippen molar-refractivity contribution in [3.05, 3.63) is 30.5 Å². The van der Waals surface area contributed by atoms with E-state index in [-0.39, 0.29) is 11.9 Å². The van der Waals surface area contributed by atoms with Gasteiger partial charge in [0.1, 0.15) is 5.82 Å². The number of imidazole rings is 1. The minimum absolute atomic E-state index is 0.156. The maximum atomic E-state index is 13.2. The van der Waals surface area contributed by atoms with E-state index in [4.69, 9.17) is 4.98 Å². The number of aromatic amines is 1. The summed E-state index contributed by atoms with van der Waals surface area (Å²) in [5.41, 5.74) is 2.88. The molecule has 1 N–H and O–H groups in total. The molecule has 3 aromatic heterocycles. The summed E-state index contributed by atoms with van der Waals surface area (Å²) in [7, 11) is 1.80. The minimum Gasteiger partial charge on any atom is -0.345 e. The Morgan fingerprint density at radius 2 is 2.00 bits per heavy atom. The van der Waals surface area contributed by atoms with Gasteiger partial charge in [0.25, 0.3) is 0 Å². The number of nitrogens with one attached hydrogen (secondary N) is 1. The van der Waals surface area contributed by atoms with Crippen LogP contribution in [0.2, 0.25) is 0 Å². The number of urea groups is 1. The van der Waals surface area contributed by atoms with Crippen molar-refractivity contribution in [2.45, 2.75) is 25.7 Å². The molecule has 2 saturated heterocycles. The Bertz CT molecular complexity index is 1070. The summed E-state index contributed by atoms with van der Waals surface area (Å²) in [5, 5.41) is 0. The zero-order valence-corrected chi connectivity index (χ0v) is 17.0. The van der Waals surface area contributed by atoms with Crippen LogP contribution < -0.4 is 0 Å². The topological polar surface area (TPSA) is 81.9 Å². The van der Waals surface area contributed by atoms with Crippen molar-refractivity contribution in [2.24, 2.45) is 16.8 Å². The molecular weight excluding hydrogens is 366 g/mol. The van der Waals surface area contributed by atoms with Gasteiger partial charge in [0, 0.05) is 57.5 Å². The van der Waals surface area contributed by atoms with Crippen LogP contribution in [0.1, 0.15) is 31.5 Å². The van der Waals surface area contributed by atoms with E-state index >= 15 is 0 Å². The van der Waals surface area contributed by atoms with Crippen molar-refractivity contribution >= 4 is 28.9 Å². The largest absolute Gasteiger partial charge is 0.345 e. The fourth-order valence-electron chi connectivity index (χ4n) is 4.83. The number of nitrogens with zero attached hydrogens (tertiary/aromatic N) is 6. The van der Waals surface area contributed by atoms with Gasteiger partial charge in [-0.05, 0) is 24.8 Å². The fraction of sp³-hybridized carbons (Fsp3) is 0.524. The first-order valence-electron chi connectivity index (χ1n) is 10.4. The molecule has 0 bridgehead atoms. The molecule has 0 aromatic carbocycles. The van der Waals surface area contributed by atoms with Crippen LogP contribution in [0.15, 0.2) is 29.6 Å². The lowest BCUT2D eigenvalue weighted by Crippen LogP contribution is -2.48. The zero-order valence-electron chi connectivity index (χ0n) is 17.0. The average molecular weight is 393 g/mol. The van der Waals surface area contributed by atoms with Crippen LogP contribution in [0.5, 0.6) is 0 Å². The number of rotatable bonds is 2. The van der Waals surface area contributed by atoms with Crippen molar-refractivity contribution in [1.82, 2.24) is 29.2 Å². The first kappa shape index (κ1) is 18.1. The Balaban J connectivity index is 1.42. The maximum Gasteiger partial charge on any atom is 0.320 e. The lowest BCUT2D eigenvalue weighted by molar-refractivity contribution is 0.131. The van der Waals surface area contributed by atoms with E-state index < -0.39 is 0 Å². The van der Waals surface area contributed by atoms with Crippen LogP contribution in [0.4, 0.5) is 4.79 Å². The molecule has 0 saturated carbocycles. The maximum absolute atomic E-state index is 13.2. The third-order valence-electron chi connectivity index (χ3n) is 6.50. The number of piperidine rings is 1. The summed E-state index contributed by atoms with van der Waals surface area (Å²) >= 11 is 0. The Morgan fingerprint density at radius 1 is 1.21 bits per heavy atom. The van der Waals surface area contributed by atoms with Gasteiger partial charge in [0.15, 0.2) is 5.65 Å². The normalized spacial score (nSPS) is 25.7. The Hall–Kier alpha value is -2.90. The second-order valence-corrected chi connectivity index (χ2v) is 8.35. The molecule has 8 nitrogen and oxygen atoms in total. The van der Waals surface area contributed by atoms with E-state index in [2.05, 4.69) is 26.3 Å². The Labute approximate surface area is 169 Å². The standard InChI is InChI=1S/C21H27N7O/c1-14-4-7-27(21(29)26-8-5-15(12-26)9-22-2)13-17(14)20-25-11-16-10-24-19-18(28(16)20)3-6-23-19/h3,6,9-11,14-15,17,23H,4-5,7-8,12-13H2,1-2H3/b22-9-/t14-,15-,17+/m1/s1. The van der Waals surface area contributed by atoms with Gasteiger partial charge >= 0.3 is 6.03 Å². The van der Waals surface area contributed by atoms with Crippen molar-refractivity contribution < 1.29 is 4.79 Å². The smallest absolute Gasteiger partial charge is 0.320 e. The zero-order chi connectivity index (χ0) is 20.0. The first-order chi connectivity index (χ1) is 14.2. The third kappa shape index (κ3) is 3.07. The highest BCUT2D eigenvalue weighted by atomic mass is 16.2. The molecule has 5 heterocycles. The second-order valence-electron chi connectivity index (χ2n) is 8.35. The van der Waals surface area contributed by atoms with E-state index in [0.717, 1.165) is 55.0 Å². The van der Waals surface area contributed by atoms with Gasteiger partial charge in [0.2, 0.25) is 0 Å². The van der Waals surface area contributed by atoms with Crippen molar-refractivity contribution in [1.29, 1.82) is 0 Å². The van der Waals surface area contributed by atoms with Gasteiger partial charge < -0.3 is 19.8 Å². The first-order valence-corrected chi connectivity index (χ1v) is 10.4. The molecule has 2 fully saturated rings. The van der Waals surface area contributed by atoms with Gasteiger partial charge in [-0.2, -0.15) is 0 Å². The lowest BCUT2D eigenvalue weighted by atomic mass is 9.86. The number of likely N-dealkylation sites (tertiary alicyclic amines) is 2. The van der Waals surface area contributed by atoms with Crippen LogP contribution in [0, 0.1) is 11.8 Å². The molecule has 2 aliphatic heterocycles. The third-order valence-corrected chi connectivity index (χ3v) is 6.50. The molecule has 5 rings (SSSR count). The van der Waals surface area contributed by atoms with Gasteiger partial charge in [-0.25, -0.2) is 14.8 Å². The highest BCUT2D eigenvalue weighted by Crippen LogP contribution is 2.33. The number of carbonyl (C=O) groups is 1. The molecule has 0 radical (unpaired) electrons. The van der Waals surface area contributed by atoms with Gasteiger partial charge in [0.05, 0.1) is 23.4 Å². The molecule has 2 aliphatic rings. The number of hydrogen-bond acceptors (Lipinski definition) is 4. The van der Waals surface area contributed by atoms with Crippen molar-refractivity contribution in [3.8, 4) is 0 Å². The predicted octanol–water partition coefficient (Wildman–Crippen LogP) is 2.78. The summed E-state index contributed by atoms with van der Waals surface area (Å²) in [6, 6.07) is 2.19. The van der Waals surface area contributed by atoms with Crippen LogP contribution in [0.3, 0.4) is 0 Å². The number of amides is 2. The summed E-state index contributed by atoms with van der Waals surface area (Å²) in [4.78, 5) is 33.7. The molecule has 3 aromatic rings. The predicted molar refractivity (Wildman–Crippen MR) is 112 cm³/mol. The number of aromatic nitrogens is 4. The molecule has 29 heavy (non-hydrogen) atoms. The number of aliphatic imine (C=N–C) groups is 1. The number of hydrogen-bond donors (Lipinski definition) is 1. The molecule has 2 amide bonds. The highest BCUT2D eigenvalue weighted by molar-refractivity contribution is 5.77. The number of carbonyl (C=O) groups excluding carboxylic acids is 1. The van der Waals surface area contributed by atoms with E-state index in [1.807, 2.05) is 40.7 Å². The Kier molecular flexibility index (Phi) is 4.49. The van der Waals surface area contributed by atoms with Crippen LogP contribution >= 0.6 is 0 Å². The quantitative estimate of drug-likeness (QED) is 0.680. The molecule has 0 unspecified atom stereocenters. The fourth-order valence-corrected chi connectivity index (χ4v) is 4.83.